The highest BCUT2D eigenvalue weighted by Gasteiger charge is 2.13. The van der Waals surface area contributed by atoms with E-state index in [0.29, 0.717) is 6.42 Å². The van der Waals surface area contributed by atoms with E-state index in [-0.39, 0.29) is 12.2 Å². The van der Waals surface area contributed by atoms with Crippen LogP contribution in [0.3, 0.4) is 0 Å². The van der Waals surface area contributed by atoms with Crippen molar-refractivity contribution in [1.82, 2.24) is 0 Å². The maximum atomic E-state index is 10.9. The van der Waals surface area contributed by atoms with Crippen LogP contribution in [0, 0.1) is 0 Å². The number of ketones is 1. The summed E-state index contributed by atoms with van der Waals surface area (Å²) in [6, 6.07) is -0.701. The van der Waals surface area contributed by atoms with Crippen LogP contribution in [0.15, 0.2) is 0 Å². The summed E-state index contributed by atoms with van der Waals surface area (Å²) in [4.78, 5) is 21.3. The smallest absolute Gasteiger partial charge is 0.219 e. The van der Waals surface area contributed by atoms with Crippen LogP contribution in [0.1, 0.15) is 26.2 Å². The van der Waals surface area contributed by atoms with Gasteiger partial charge >= 0.3 is 0 Å². The molecule has 0 aromatic rings. The van der Waals surface area contributed by atoms with Gasteiger partial charge in [0.25, 0.3) is 0 Å². The molecule has 0 rings (SSSR count). The van der Waals surface area contributed by atoms with Crippen molar-refractivity contribution in [2.45, 2.75) is 32.2 Å². The molecule has 0 bridgehead atoms. The van der Waals surface area contributed by atoms with Crippen LogP contribution in [0.5, 0.6) is 0 Å². The average Bonchev–Trinajstić information content (AvgIpc) is 1.86. The van der Waals surface area contributed by atoms with E-state index in [0.717, 1.165) is 6.42 Å². The van der Waals surface area contributed by atoms with Gasteiger partial charge in [-0.15, -0.1) is 0 Å². The molecule has 4 nitrogen and oxygen atoms in total. The first-order valence-corrected chi connectivity index (χ1v) is 3.64. The zero-order chi connectivity index (χ0) is 8.85. The van der Waals surface area contributed by atoms with Gasteiger partial charge in [-0.1, -0.05) is 6.92 Å². The fourth-order valence-corrected chi connectivity index (χ4v) is 0.762. The van der Waals surface area contributed by atoms with Gasteiger partial charge in [0, 0.05) is 12.8 Å². The fraction of sp³-hybridized carbons (Fsp3) is 0.714. The lowest BCUT2D eigenvalue weighted by atomic mass is 10.1. The molecule has 0 aromatic carbocycles. The van der Waals surface area contributed by atoms with Crippen LogP contribution in [0.2, 0.25) is 0 Å². The predicted molar refractivity (Wildman–Crippen MR) is 41.7 cm³/mol. The molecule has 0 aliphatic carbocycles. The normalized spacial score (nSPS) is 12.5. The van der Waals surface area contributed by atoms with Crippen LogP contribution in [0.25, 0.3) is 0 Å². The molecule has 64 valence electrons. The molecule has 0 aliphatic heterocycles. The number of carbonyl (C=O) groups excluding carboxylic acids is 2. The van der Waals surface area contributed by atoms with Crippen LogP contribution < -0.4 is 11.5 Å². The Hall–Kier alpha value is -0.900. The summed E-state index contributed by atoms with van der Waals surface area (Å²) >= 11 is 0. The first kappa shape index (κ1) is 10.1. The molecule has 11 heavy (non-hydrogen) atoms. The van der Waals surface area contributed by atoms with E-state index in [1.807, 2.05) is 6.92 Å². The van der Waals surface area contributed by atoms with Gasteiger partial charge in [0.1, 0.15) is 5.78 Å². The SMILES string of the molecule is CCCC(=O)[C@@H](N)CC(N)=O. The summed E-state index contributed by atoms with van der Waals surface area (Å²) in [5.41, 5.74) is 10.2. The van der Waals surface area contributed by atoms with Crippen molar-refractivity contribution < 1.29 is 9.59 Å². The Bertz CT molecular complexity index is 157. The maximum Gasteiger partial charge on any atom is 0.219 e. The molecule has 4 N–H and O–H groups in total. The quantitative estimate of drug-likeness (QED) is 0.568. The van der Waals surface area contributed by atoms with Crippen LogP contribution >= 0.6 is 0 Å². The lowest BCUT2D eigenvalue weighted by Crippen LogP contribution is -2.34. The monoisotopic (exact) mass is 158 g/mol. The number of carbonyl (C=O) groups is 2. The number of hydrogen-bond acceptors (Lipinski definition) is 3. The van der Waals surface area contributed by atoms with Crippen molar-refractivity contribution in [3.05, 3.63) is 0 Å². The molecule has 0 heterocycles. The van der Waals surface area contributed by atoms with Crippen molar-refractivity contribution in [3.8, 4) is 0 Å². The second kappa shape index (κ2) is 4.85. The number of primary amides is 1. The number of nitrogens with two attached hydrogens (primary N) is 2. The van der Waals surface area contributed by atoms with Crippen molar-refractivity contribution >= 4 is 11.7 Å². The van der Waals surface area contributed by atoms with Crippen molar-refractivity contribution in [1.29, 1.82) is 0 Å². The molecule has 4 heteroatoms. The van der Waals surface area contributed by atoms with Gasteiger partial charge in [0.2, 0.25) is 5.91 Å². The molecule has 0 saturated heterocycles. The molecular formula is C7H14N2O2. The third-order valence-electron chi connectivity index (χ3n) is 1.33. The minimum atomic E-state index is -0.701. The Kier molecular flexibility index (Phi) is 4.45. The number of Topliss-reactive ketones (excluding diaryl/α,β-unsaturated/α-hetero) is 1. The highest BCUT2D eigenvalue weighted by Crippen LogP contribution is 1.96. The highest BCUT2D eigenvalue weighted by atomic mass is 16.1. The zero-order valence-electron chi connectivity index (χ0n) is 6.67. The van der Waals surface area contributed by atoms with E-state index in [9.17, 15) is 9.59 Å². The van der Waals surface area contributed by atoms with Gasteiger partial charge in [0.05, 0.1) is 6.04 Å². The molecule has 1 amide bonds. The molecule has 0 saturated carbocycles. The number of rotatable bonds is 5. The molecule has 0 aromatic heterocycles. The summed E-state index contributed by atoms with van der Waals surface area (Å²) in [5, 5.41) is 0. The lowest BCUT2D eigenvalue weighted by Gasteiger charge is -2.05. The van der Waals surface area contributed by atoms with Crippen molar-refractivity contribution in [2.75, 3.05) is 0 Å². The molecule has 0 spiro atoms. The molecule has 0 unspecified atom stereocenters. The summed E-state index contributed by atoms with van der Waals surface area (Å²) in [5.74, 6) is -0.617. The molecule has 1 atom stereocenters. The number of amides is 1. The third kappa shape index (κ3) is 4.50. The first-order chi connectivity index (χ1) is 5.07. The van der Waals surface area contributed by atoms with Crippen molar-refractivity contribution in [2.24, 2.45) is 11.5 Å². The van der Waals surface area contributed by atoms with E-state index in [2.05, 4.69) is 0 Å². The second-order valence-corrected chi connectivity index (χ2v) is 2.49. The highest BCUT2D eigenvalue weighted by molar-refractivity contribution is 5.88. The van der Waals surface area contributed by atoms with E-state index < -0.39 is 11.9 Å². The van der Waals surface area contributed by atoms with Gasteiger partial charge in [-0.2, -0.15) is 0 Å². The van der Waals surface area contributed by atoms with Gasteiger partial charge in [-0.25, -0.2) is 0 Å². The lowest BCUT2D eigenvalue weighted by molar-refractivity contribution is -0.125. The van der Waals surface area contributed by atoms with Crippen LogP contribution in [0.4, 0.5) is 0 Å². The van der Waals surface area contributed by atoms with Crippen molar-refractivity contribution in [3.63, 3.8) is 0 Å². The molecule has 0 fully saturated rings. The average molecular weight is 158 g/mol. The summed E-state index contributed by atoms with van der Waals surface area (Å²) in [6.07, 6.45) is 1.14. The first-order valence-electron chi connectivity index (χ1n) is 3.64. The van der Waals surface area contributed by atoms with E-state index >= 15 is 0 Å². The summed E-state index contributed by atoms with van der Waals surface area (Å²) in [6.45, 7) is 1.88. The van der Waals surface area contributed by atoms with E-state index in [4.69, 9.17) is 11.5 Å². The topological polar surface area (TPSA) is 86.2 Å². The largest absolute Gasteiger partial charge is 0.370 e. The Morgan fingerprint density at radius 2 is 2.00 bits per heavy atom. The molecule has 0 aliphatic rings. The van der Waals surface area contributed by atoms with Crippen LogP contribution in [-0.2, 0) is 9.59 Å². The van der Waals surface area contributed by atoms with Gasteiger partial charge in [-0.3, -0.25) is 9.59 Å². The summed E-state index contributed by atoms with van der Waals surface area (Å²) < 4.78 is 0. The Balaban J connectivity index is 3.73. The van der Waals surface area contributed by atoms with Crippen LogP contribution in [-0.4, -0.2) is 17.7 Å². The third-order valence-corrected chi connectivity index (χ3v) is 1.33. The van der Waals surface area contributed by atoms with Gasteiger partial charge in [-0.05, 0) is 6.42 Å². The Morgan fingerprint density at radius 3 is 2.36 bits per heavy atom. The van der Waals surface area contributed by atoms with E-state index in [1.54, 1.807) is 0 Å². The minimum absolute atomic E-state index is 0.0428. The summed E-state index contributed by atoms with van der Waals surface area (Å²) in [7, 11) is 0. The minimum Gasteiger partial charge on any atom is -0.370 e. The maximum absolute atomic E-state index is 10.9. The fourth-order valence-electron chi connectivity index (χ4n) is 0.762. The van der Waals surface area contributed by atoms with Gasteiger partial charge in [0.15, 0.2) is 0 Å². The Labute approximate surface area is 65.9 Å². The second-order valence-electron chi connectivity index (χ2n) is 2.49. The van der Waals surface area contributed by atoms with Gasteiger partial charge < -0.3 is 11.5 Å². The standard InChI is InChI=1S/C7H14N2O2/c1-2-3-6(10)5(8)4-7(9)11/h5H,2-4,8H2,1H3,(H2,9,11)/t5-/m0/s1. The molecular weight excluding hydrogens is 144 g/mol. The Morgan fingerprint density at radius 1 is 1.45 bits per heavy atom. The zero-order valence-corrected chi connectivity index (χ0v) is 6.67. The van der Waals surface area contributed by atoms with E-state index in [1.165, 1.54) is 0 Å². The molecule has 0 radical (unpaired) electrons. The predicted octanol–water partition coefficient (Wildman–Crippen LogP) is -0.442. The number of hydrogen-bond donors (Lipinski definition) is 2.